The van der Waals surface area contributed by atoms with Crippen LogP contribution in [0.2, 0.25) is 0 Å². The number of carboxylic acids is 1. The molecule has 19 heavy (non-hydrogen) atoms. The van der Waals surface area contributed by atoms with Crippen LogP contribution in [0.5, 0.6) is 0 Å². The fourth-order valence-electron chi connectivity index (χ4n) is 1.97. The first kappa shape index (κ1) is 13.6. The Hall–Kier alpha value is -1.86. The molecule has 2 atom stereocenters. The Bertz CT molecular complexity index is 470. The molecule has 1 fully saturated rings. The van der Waals surface area contributed by atoms with Crippen LogP contribution in [0.1, 0.15) is 22.7 Å². The number of aromatic carboxylic acids is 1. The van der Waals surface area contributed by atoms with Crippen molar-refractivity contribution >= 4 is 11.9 Å². The fraction of sp³-hybridized carbons (Fsp3) is 0.500. The SMILES string of the molecule is COC1CNC(C(=O)NCc2ccc(C(=O)O)o2)C1. The van der Waals surface area contributed by atoms with E-state index in [4.69, 9.17) is 14.3 Å². The summed E-state index contributed by atoms with van der Waals surface area (Å²) in [6.45, 7) is 0.820. The van der Waals surface area contributed by atoms with Crippen LogP contribution in [0.25, 0.3) is 0 Å². The zero-order chi connectivity index (χ0) is 13.8. The number of carbonyl (C=O) groups is 2. The van der Waals surface area contributed by atoms with Gasteiger partial charge in [0.1, 0.15) is 5.76 Å². The van der Waals surface area contributed by atoms with Gasteiger partial charge in [-0.25, -0.2) is 4.79 Å². The van der Waals surface area contributed by atoms with Crippen LogP contribution in [-0.4, -0.2) is 42.8 Å². The van der Waals surface area contributed by atoms with Gasteiger partial charge in [-0.05, 0) is 18.6 Å². The molecule has 0 aliphatic carbocycles. The van der Waals surface area contributed by atoms with Crippen LogP contribution in [0.3, 0.4) is 0 Å². The third kappa shape index (κ3) is 3.33. The fourth-order valence-corrected chi connectivity index (χ4v) is 1.97. The van der Waals surface area contributed by atoms with E-state index in [9.17, 15) is 9.59 Å². The van der Waals surface area contributed by atoms with Crippen LogP contribution in [-0.2, 0) is 16.1 Å². The summed E-state index contributed by atoms with van der Waals surface area (Å²) in [5.41, 5.74) is 0. The molecule has 0 saturated carbocycles. The lowest BCUT2D eigenvalue weighted by Gasteiger charge is -2.10. The van der Waals surface area contributed by atoms with Crippen molar-refractivity contribution in [2.45, 2.75) is 25.1 Å². The van der Waals surface area contributed by atoms with Crippen molar-refractivity contribution in [1.29, 1.82) is 0 Å². The molecule has 7 nitrogen and oxygen atoms in total. The van der Waals surface area contributed by atoms with Crippen molar-refractivity contribution in [3.8, 4) is 0 Å². The molecule has 2 heterocycles. The quantitative estimate of drug-likeness (QED) is 0.693. The van der Waals surface area contributed by atoms with E-state index in [0.717, 1.165) is 0 Å². The van der Waals surface area contributed by atoms with Crippen LogP contribution in [0.4, 0.5) is 0 Å². The van der Waals surface area contributed by atoms with E-state index in [0.29, 0.717) is 18.7 Å². The van der Waals surface area contributed by atoms with Crippen LogP contribution < -0.4 is 10.6 Å². The molecule has 3 N–H and O–H groups in total. The molecule has 1 aromatic rings. The first-order valence-corrected chi connectivity index (χ1v) is 5.96. The summed E-state index contributed by atoms with van der Waals surface area (Å²) in [5.74, 6) is -1.000. The monoisotopic (exact) mass is 268 g/mol. The summed E-state index contributed by atoms with van der Waals surface area (Å²) in [6.07, 6.45) is 0.680. The highest BCUT2D eigenvalue weighted by atomic mass is 16.5. The lowest BCUT2D eigenvalue weighted by Crippen LogP contribution is -2.39. The summed E-state index contributed by atoms with van der Waals surface area (Å²) >= 11 is 0. The molecule has 0 bridgehead atoms. The Morgan fingerprint density at radius 3 is 2.95 bits per heavy atom. The number of nitrogens with one attached hydrogen (secondary N) is 2. The molecule has 2 unspecified atom stereocenters. The molecule has 1 aliphatic rings. The predicted octanol–water partition coefficient (Wildman–Crippen LogP) is -0.0291. The second-order valence-electron chi connectivity index (χ2n) is 4.34. The van der Waals surface area contributed by atoms with Gasteiger partial charge in [0.15, 0.2) is 0 Å². The van der Waals surface area contributed by atoms with Gasteiger partial charge in [0.25, 0.3) is 0 Å². The molecular formula is C12H16N2O5. The van der Waals surface area contributed by atoms with Crippen LogP contribution in [0, 0.1) is 0 Å². The van der Waals surface area contributed by atoms with Gasteiger partial charge in [-0.2, -0.15) is 0 Å². The molecule has 1 saturated heterocycles. The Morgan fingerprint density at radius 1 is 1.58 bits per heavy atom. The van der Waals surface area contributed by atoms with Crippen molar-refractivity contribution < 1.29 is 23.8 Å². The normalized spacial score (nSPS) is 22.4. The number of amides is 1. The maximum absolute atomic E-state index is 11.8. The summed E-state index contributed by atoms with van der Waals surface area (Å²) in [5, 5.41) is 14.4. The van der Waals surface area contributed by atoms with Crippen molar-refractivity contribution in [2.75, 3.05) is 13.7 Å². The first-order valence-electron chi connectivity index (χ1n) is 5.96. The lowest BCUT2D eigenvalue weighted by molar-refractivity contribution is -0.123. The number of furan rings is 1. The first-order chi connectivity index (χ1) is 9.10. The number of ether oxygens (including phenoxy) is 1. The van der Waals surface area contributed by atoms with E-state index in [2.05, 4.69) is 10.6 Å². The number of methoxy groups -OCH3 is 1. The Balaban J connectivity index is 1.81. The summed E-state index contributed by atoms with van der Waals surface area (Å²) in [4.78, 5) is 22.5. The topological polar surface area (TPSA) is 101 Å². The second kappa shape index (κ2) is 5.85. The predicted molar refractivity (Wildman–Crippen MR) is 64.7 cm³/mol. The number of carbonyl (C=O) groups excluding carboxylic acids is 1. The molecule has 104 valence electrons. The molecule has 0 aromatic carbocycles. The number of rotatable bonds is 5. The van der Waals surface area contributed by atoms with Gasteiger partial charge in [-0.15, -0.1) is 0 Å². The molecule has 1 amide bonds. The second-order valence-corrected chi connectivity index (χ2v) is 4.34. The van der Waals surface area contributed by atoms with Crippen molar-refractivity contribution in [1.82, 2.24) is 10.6 Å². The molecule has 7 heteroatoms. The van der Waals surface area contributed by atoms with Crippen molar-refractivity contribution in [3.05, 3.63) is 23.7 Å². The minimum Gasteiger partial charge on any atom is -0.475 e. The summed E-state index contributed by atoms with van der Waals surface area (Å²) in [7, 11) is 1.61. The summed E-state index contributed by atoms with van der Waals surface area (Å²) < 4.78 is 10.2. The number of hydrogen-bond acceptors (Lipinski definition) is 5. The smallest absolute Gasteiger partial charge is 0.371 e. The highest BCUT2D eigenvalue weighted by Crippen LogP contribution is 2.11. The molecule has 1 aliphatic heterocycles. The van der Waals surface area contributed by atoms with Gasteiger partial charge in [0, 0.05) is 13.7 Å². The van der Waals surface area contributed by atoms with E-state index >= 15 is 0 Å². The third-order valence-corrected chi connectivity index (χ3v) is 3.05. The average Bonchev–Trinajstić information content (AvgIpc) is 3.04. The van der Waals surface area contributed by atoms with Crippen LogP contribution in [0.15, 0.2) is 16.5 Å². The van der Waals surface area contributed by atoms with Gasteiger partial charge in [-0.3, -0.25) is 4.79 Å². The Morgan fingerprint density at radius 2 is 2.37 bits per heavy atom. The van der Waals surface area contributed by atoms with E-state index in [-0.39, 0.29) is 30.4 Å². The molecule has 0 spiro atoms. The Labute approximate surface area is 109 Å². The zero-order valence-electron chi connectivity index (χ0n) is 10.5. The molecule has 1 aromatic heterocycles. The highest BCUT2D eigenvalue weighted by Gasteiger charge is 2.29. The standard InChI is InChI=1S/C12H16N2O5/c1-18-8-4-9(13-6-8)11(15)14-5-7-2-3-10(19-7)12(16)17/h2-3,8-9,13H,4-6H2,1H3,(H,14,15)(H,16,17). The molecular weight excluding hydrogens is 252 g/mol. The van der Waals surface area contributed by atoms with E-state index < -0.39 is 5.97 Å². The van der Waals surface area contributed by atoms with Gasteiger partial charge in [0.05, 0.1) is 18.7 Å². The van der Waals surface area contributed by atoms with Gasteiger partial charge >= 0.3 is 5.97 Å². The van der Waals surface area contributed by atoms with Crippen molar-refractivity contribution in [2.24, 2.45) is 0 Å². The van der Waals surface area contributed by atoms with Crippen LogP contribution >= 0.6 is 0 Å². The Kier molecular flexibility index (Phi) is 4.18. The number of hydrogen-bond donors (Lipinski definition) is 3. The minimum atomic E-state index is -1.13. The van der Waals surface area contributed by atoms with E-state index in [1.165, 1.54) is 12.1 Å². The zero-order valence-corrected chi connectivity index (χ0v) is 10.5. The van der Waals surface area contributed by atoms with Gasteiger partial charge in [-0.1, -0.05) is 0 Å². The van der Waals surface area contributed by atoms with E-state index in [1.54, 1.807) is 7.11 Å². The van der Waals surface area contributed by atoms with Gasteiger partial charge < -0.3 is 24.9 Å². The largest absolute Gasteiger partial charge is 0.475 e. The minimum absolute atomic E-state index is 0.0537. The van der Waals surface area contributed by atoms with Crippen molar-refractivity contribution in [3.63, 3.8) is 0 Å². The average molecular weight is 268 g/mol. The maximum atomic E-state index is 11.8. The third-order valence-electron chi connectivity index (χ3n) is 3.05. The maximum Gasteiger partial charge on any atom is 0.371 e. The molecule has 2 rings (SSSR count). The number of carboxylic acid groups (broad SMARTS) is 1. The summed E-state index contributed by atoms with van der Waals surface area (Å²) in [6, 6.07) is 2.61. The lowest BCUT2D eigenvalue weighted by atomic mass is 10.2. The highest BCUT2D eigenvalue weighted by molar-refractivity contribution is 5.84. The van der Waals surface area contributed by atoms with Gasteiger partial charge in [0.2, 0.25) is 11.7 Å². The van der Waals surface area contributed by atoms with E-state index in [1.807, 2.05) is 0 Å². The molecule has 0 radical (unpaired) electrons.